The van der Waals surface area contributed by atoms with E-state index in [9.17, 15) is 9.59 Å². The van der Waals surface area contributed by atoms with E-state index in [0.717, 1.165) is 12.8 Å². The van der Waals surface area contributed by atoms with Crippen molar-refractivity contribution in [2.24, 2.45) is 5.92 Å². The maximum Gasteiger partial charge on any atom is 0.306 e. The Morgan fingerprint density at radius 1 is 1.05 bits per heavy atom. The standard InChI is InChI=1S/C15H28O5/c1-3-4-5-6-7-8-9-20-15(18)11-13(12-19-2)10-14(16)17/h13H,3-12H2,1-2H3,(H,16,17). The van der Waals surface area contributed by atoms with Gasteiger partial charge in [-0.25, -0.2) is 0 Å². The summed E-state index contributed by atoms with van der Waals surface area (Å²) in [5.74, 6) is -1.56. The second-order valence-electron chi connectivity index (χ2n) is 5.11. The number of hydrogen-bond acceptors (Lipinski definition) is 4. The fourth-order valence-corrected chi connectivity index (χ4v) is 2.04. The number of esters is 1. The van der Waals surface area contributed by atoms with E-state index in [2.05, 4.69) is 6.92 Å². The molecule has 0 radical (unpaired) electrons. The first-order valence-corrected chi connectivity index (χ1v) is 7.46. The van der Waals surface area contributed by atoms with E-state index in [0.29, 0.717) is 6.61 Å². The molecule has 0 aromatic heterocycles. The zero-order valence-corrected chi connectivity index (χ0v) is 12.7. The minimum Gasteiger partial charge on any atom is -0.481 e. The Morgan fingerprint density at radius 2 is 1.70 bits per heavy atom. The Bertz CT molecular complexity index is 265. The summed E-state index contributed by atoms with van der Waals surface area (Å²) in [4.78, 5) is 22.2. The van der Waals surface area contributed by atoms with E-state index in [1.54, 1.807) is 0 Å². The SMILES string of the molecule is CCCCCCCCOC(=O)CC(COC)CC(=O)O. The molecule has 0 heterocycles. The van der Waals surface area contributed by atoms with E-state index in [-0.39, 0.29) is 31.3 Å². The summed E-state index contributed by atoms with van der Waals surface area (Å²) >= 11 is 0. The fourth-order valence-electron chi connectivity index (χ4n) is 2.04. The molecule has 1 N–H and O–H groups in total. The van der Waals surface area contributed by atoms with Crippen LogP contribution in [0.2, 0.25) is 0 Å². The lowest BCUT2D eigenvalue weighted by Gasteiger charge is -2.13. The van der Waals surface area contributed by atoms with E-state index < -0.39 is 5.97 Å². The predicted molar refractivity (Wildman–Crippen MR) is 76.6 cm³/mol. The maximum atomic E-state index is 11.6. The Labute approximate surface area is 121 Å². The van der Waals surface area contributed by atoms with Gasteiger partial charge in [0.25, 0.3) is 0 Å². The number of carbonyl (C=O) groups excluding carboxylic acids is 1. The normalized spacial score (nSPS) is 12.1. The maximum absolute atomic E-state index is 11.6. The van der Waals surface area contributed by atoms with Crippen molar-refractivity contribution in [3.63, 3.8) is 0 Å². The molecule has 0 aromatic rings. The average molecular weight is 288 g/mol. The van der Waals surface area contributed by atoms with Crippen molar-refractivity contribution in [3.8, 4) is 0 Å². The van der Waals surface area contributed by atoms with E-state index >= 15 is 0 Å². The molecule has 5 heteroatoms. The molecule has 1 unspecified atom stereocenters. The summed E-state index contributed by atoms with van der Waals surface area (Å²) in [5, 5.41) is 8.73. The molecule has 0 saturated heterocycles. The van der Waals surface area contributed by atoms with Crippen LogP contribution < -0.4 is 0 Å². The van der Waals surface area contributed by atoms with E-state index in [1.807, 2.05) is 0 Å². The number of carbonyl (C=O) groups is 2. The summed E-state index contributed by atoms with van der Waals surface area (Å²) < 4.78 is 10.0. The van der Waals surface area contributed by atoms with Gasteiger partial charge >= 0.3 is 11.9 Å². The van der Waals surface area contributed by atoms with Crippen molar-refractivity contribution in [3.05, 3.63) is 0 Å². The number of rotatable bonds is 13. The highest BCUT2D eigenvalue weighted by atomic mass is 16.5. The molecule has 0 saturated carbocycles. The summed E-state index contributed by atoms with van der Waals surface area (Å²) in [6.07, 6.45) is 6.88. The Kier molecular flexibility index (Phi) is 12.2. The van der Waals surface area contributed by atoms with Crippen molar-refractivity contribution in [1.82, 2.24) is 0 Å². The molecule has 0 aliphatic rings. The van der Waals surface area contributed by atoms with Gasteiger partial charge in [-0.15, -0.1) is 0 Å². The summed E-state index contributed by atoms with van der Waals surface area (Å²) in [6.45, 7) is 2.87. The molecule has 5 nitrogen and oxygen atoms in total. The van der Waals surface area contributed by atoms with Crippen LogP contribution in [0.1, 0.15) is 58.3 Å². The van der Waals surface area contributed by atoms with Gasteiger partial charge < -0.3 is 14.6 Å². The first-order chi connectivity index (χ1) is 9.60. The number of methoxy groups -OCH3 is 1. The zero-order chi connectivity index (χ0) is 15.2. The fraction of sp³-hybridized carbons (Fsp3) is 0.867. The smallest absolute Gasteiger partial charge is 0.306 e. The van der Waals surface area contributed by atoms with Crippen molar-refractivity contribution < 1.29 is 24.2 Å². The second kappa shape index (κ2) is 12.9. The van der Waals surface area contributed by atoms with Gasteiger partial charge in [0.2, 0.25) is 0 Å². The van der Waals surface area contributed by atoms with Crippen LogP contribution in [0.15, 0.2) is 0 Å². The van der Waals surface area contributed by atoms with Crippen molar-refractivity contribution >= 4 is 11.9 Å². The third-order valence-electron chi connectivity index (χ3n) is 3.08. The van der Waals surface area contributed by atoms with Crippen molar-refractivity contribution in [2.45, 2.75) is 58.3 Å². The van der Waals surface area contributed by atoms with Gasteiger partial charge in [0.1, 0.15) is 0 Å². The monoisotopic (exact) mass is 288 g/mol. The quantitative estimate of drug-likeness (QED) is 0.416. The Balaban J connectivity index is 3.66. The molecule has 0 spiro atoms. The van der Waals surface area contributed by atoms with Crippen LogP contribution in [0.4, 0.5) is 0 Å². The van der Waals surface area contributed by atoms with Gasteiger partial charge in [-0.2, -0.15) is 0 Å². The predicted octanol–water partition coefficient (Wildman–Crippen LogP) is 3.02. The molecule has 0 aliphatic heterocycles. The number of carboxylic acids is 1. The van der Waals surface area contributed by atoms with Crippen LogP contribution in [0.3, 0.4) is 0 Å². The number of hydrogen-bond donors (Lipinski definition) is 1. The first kappa shape index (κ1) is 18.9. The van der Waals surface area contributed by atoms with Crippen LogP contribution in [0.5, 0.6) is 0 Å². The molecule has 0 aliphatic carbocycles. The van der Waals surface area contributed by atoms with E-state index in [4.69, 9.17) is 14.6 Å². The molecular formula is C15H28O5. The molecule has 1 atom stereocenters. The summed E-state index contributed by atoms with van der Waals surface area (Å²) in [7, 11) is 1.50. The summed E-state index contributed by atoms with van der Waals surface area (Å²) in [6, 6.07) is 0. The minimum absolute atomic E-state index is 0.0695. The lowest BCUT2D eigenvalue weighted by Crippen LogP contribution is -2.19. The zero-order valence-electron chi connectivity index (χ0n) is 12.7. The number of carboxylic acid groups (broad SMARTS) is 1. The molecule has 0 fully saturated rings. The highest BCUT2D eigenvalue weighted by Crippen LogP contribution is 2.11. The molecule has 0 aromatic carbocycles. The third kappa shape index (κ3) is 12.0. The molecular weight excluding hydrogens is 260 g/mol. The minimum atomic E-state index is -0.921. The van der Waals surface area contributed by atoms with E-state index in [1.165, 1.54) is 32.8 Å². The largest absolute Gasteiger partial charge is 0.481 e. The number of ether oxygens (including phenoxy) is 2. The van der Waals surface area contributed by atoms with Crippen molar-refractivity contribution in [2.75, 3.05) is 20.3 Å². The van der Waals surface area contributed by atoms with Gasteiger partial charge in [-0.1, -0.05) is 39.0 Å². The topological polar surface area (TPSA) is 72.8 Å². The van der Waals surface area contributed by atoms with Gasteiger partial charge in [0, 0.05) is 13.0 Å². The first-order valence-electron chi connectivity index (χ1n) is 7.46. The van der Waals surface area contributed by atoms with Gasteiger partial charge in [-0.05, 0) is 6.42 Å². The Morgan fingerprint density at radius 3 is 2.30 bits per heavy atom. The van der Waals surface area contributed by atoms with Crippen LogP contribution >= 0.6 is 0 Å². The second-order valence-corrected chi connectivity index (χ2v) is 5.11. The lowest BCUT2D eigenvalue weighted by molar-refractivity contribution is -0.146. The molecule has 0 amide bonds. The Hall–Kier alpha value is -1.10. The molecule has 20 heavy (non-hydrogen) atoms. The summed E-state index contributed by atoms with van der Waals surface area (Å²) in [5.41, 5.74) is 0. The molecule has 0 rings (SSSR count). The van der Waals surface area contributed by atoms with Crippen LogP contribution in [0.25, 0.3) is 0 Å². The lowest BCUT2D eigenvalue weighted by atomic mass is 10.0. The van der Waals surface area contributed by atoms with Gasteiger partial charge in [-0.3, -0.25) is 9.59 Å². The van der Waals surface area contributed by atoms with Crippen LogP contribution in [0, 0.1) is 5.92 Å². The van der Waals surface area contributed by atoms with Crippen LogP contribution in [-0.2, 0) is 19.1 Å². The average Bonchev–Trinajstić information content (AvgIpc) is 2.37. The highest BCUT2D eigenvalue weighted by molar-refractivity contribution is 5.72. The molecule has 118 valence electrons. The van der Waals surface area contributed by atoms with Gasteiger partial charge in [0.15, 0.2) is 0 Å². The number of aliphatic carboxylic acids is 1. The van der Waals surface area contributed by atoms with Crippen molar-refractivity contribution in [1.29, 1.82) is 0 Å². The molecule has 0 bridgehead atoms. The highest BCUT2D eigenvalue weighted by Gasteiger charge is 2.18. The number of unbranched alkanes of at least 4 members (excludes halogenated alkanes) is 5. The van der Waals surface area contributed by atoms with Gasteiger partial charge in [0.05, 0.1) is 26.1 Å². The third-order valence-corrected chi connectivity index (χ3v) is 3.08. The van der Waals surface area contributed by atoms with Crippen LogP contribution in [-0.4, -0.2) is 37.4 Å².